The second kappa shape index (κ2) is 7.08. The van der Waals surface area contributed by atoms with Crippen LogP contribution in [0.3, 0.4) is 0 Å². The Kier molecular flexibility index (Phi) is 4.61. The Morgan fingerprint density at radius 1 is 1.04 bits per heavy atom. The van der Waals surface area contributed by atoms with E-state index in [-0.39, 0.29) is 0 Å². The van der Waals surface area contributed by atoms with Gasteiger partial charge in [-0.3, -0.25) is 0 Å². The summed E-state index contributed by atoms with van der Waals surface area (Å²) in [6, 6.07) is 8.16. The molecule has 27 heavy (non-hydrogen) atoms. The lowest BCUT2D eigenvalue weighted by molar-refractivity contribution is 0.534. The van der Waals surface area contributed by atoms with Crippen LogP contribution in [-0.2, 0) is 12.8 Å². The van der Waals surface area contributed by atoms with E-state index in [1.807, 2.05) is 24.6 Å². The maximum Gasteiger partial charge on any atom is 0.226 e. The van der Waals surface area contributed by atoms with Gasteiger partial charge in [-0.1, -0.05) is 29.5 Å². The van der Waals surface area contributed by atoms with Crippen LogP contribution in [0.5, 0.6) is 0 Å². The zero-order chi connectivity index (χ0) is 19.0. The van der Waals surface area contributed by atoms with E-state index >= 15 is 0 Å². The molecule has 0 fully saturated rings. The standard InChI is InChI=1S/C20H20N4O2S/c1-12-5-6-16(13(2)9-12)19-21-15(10-26-19)11-27-20-23-22-18(24(20)4)17-7-8-25-14(17)3/h5-10H,11H2,1-4H3. The Morgan fingerprint density at radius 2 is 1.89 bits per heavy atom. The highest BCUT2D eigenvalue weighted by atomic mass is 32.2. The van der Waals surface area contributed by atoms with Gasteiger partial charge in [-0.25, -0.2) is 4.98 Å². The van der Waals surface area contributed by atoms with Crippen molar-refractivity contribution in [3.63, 3.8) is 0 Å². The van der Waals surface area contributed by atoms with E-state index in [0.29, 0.717) is 11.6 Å². The number of aromatic nitrogens is 4. The number of thioether (sulfide) groups is 1. The fourth-order valence-electron chi connectivity index (χ4n) is 2.98. The highest BCUT2D eigenvalue weighted by Gasteiger charge is 2.16. The molecule has 3 aromatic heterocycles. The molecule has 0 atom stereocenters. The number of furan rings is 1. The lowest BCUT2D eigenvalue weighted by Crippen LogP contribution is -1.95. The molecular formula is C20H20N4O2S. The minimum Gasteiger partial charge on any atom is -0.469 e. The highest BCUT2D eigenvalue weighted by molar-refractivity contribution is 7.98. The molecule has 0 spiro atoms. The lowest BCUT2D eigenvalue weighted by Gasteiger charge is -2.02. The molecular weight excluding hydrogens is 360 g/mol. The molecule has 0 saturated carbocycles. The molecule has 1 aromatic carbocycles. The average molecular weight is 380 g/mol. The van der Waals surface area contributed by atoms with E-state index < -0.39 is 0 Å². The van der Waals surface area contributed by atoms with E-state index in [0.717, 1.165) is 39.1 Å². The van der Waals surface area contributed by atoms with Crippen molar-refractivity contribution in [1.29, 1.82) is 0 Å². The quantitative estimate of drug-likeness (QED) is 0.456. The number of nitrogens with zero attached hydrogens (tertiary/aromatic N) is 4. The second-order valence-electron chi connectivity index (χ2n) is 6.51. The molecule has 0 amide bonds. The van der Waals surface area contributed by atoms with Crippen LogP contribution in [-0.4, -0.2) is 19.7 Å². The van der Waals surface area contributed by atoms with Crippen LogP contribution in [0.4, 0.5) is 0 Å². The minimum atomic E-state index is 0.649. The molecule has 4 aromatic rings. The molecule has 0 saturated heterocycles. The maximum absolute atomic E-state index is 5.69. The van der Waals surface area contributed by atoms with Gasteiger partial charge in [0.05, 0.1) is 17.5 Å². The first-order valence-electron chi connectivity index (χ1n) is 8.61. The number of hydrogen-bond donors (Lipinski definition) is 0. The Labute approximate surface area is 161 Å². The summed E-state index contributed by atoms with van der Waals surface area (Å²) in [4.78, 5) is 4.63. The van der Waals surface area contributed by atoms with Crippen LogP contribution in [0.25, 0.3) is 22.8 Å². The van der Waals surface area contributed by atoms with Crippen LogP contribution in [0.15, 0.2) is 50.8 Å². The van der Waals surface area contributed by atoms with Crippen LogP contribution >= 0.6 is 11.8 Å². The van der Waals surface area contributed by atoms with Crippen molar-refractivity contribution in [2.75, 3.05) is 0 Å². The average Bonchev–Trinajstić information content (AvgIpc) is 3.34. The minimum absolute atomic E-state index is 0.649. The topological polar surface area (TPSA) is 69.9 Å². The Hall–Kier alpha value is -2.80. The van der Waals surface area contributed by atoms with Crippen molar-refractivity contribution in [3.05, 3.63) is 59.4 Å². The summed E-state index contributed by atoms with van der Waals surface area (Å²) in [5, 5.41) is 9.41. The SMILES string of the molecule is Cc1ccc(-c2nc(CSc3nnc(-c4ccoc4C)n3C)co2)c(C)c1. The largest absolute Gasteiger partial charge is 0.469 e. The fraction of sp³-hybridized carbons (Fsp3) is 0.250. The Morgan fingerprint density at radius 3 is 2.63 bits per heavy atom. The first kappa shape index (κ1) is 17.6. The third-order valence-electron chi connectivity index (χ3n) is 4.45. The summed E-state index contributed by atoms with van der Waals surface area (Å²) in [6.45, 7) is 6.06. The van der Waals surface area contributed by atoms with Crippen molar-refractivity contribution in [2.45, 2.75) is 31.7 Å². The van der Waals surface area contributed by atoms with Gasteiger partial charge < -0.3 is 13.4 Å². The van der Waals surface area contributed by atoms with E-state index in [1.54, 1.807) is 24.3 Å². The van der Waals surface area contributed by atoms with E-state index in [9.17, 15) is 0 Å². The van der Waals surface area contributed by atoms with Gasteiger partial charge in [0.1, 0.15) is 12.0 Å². The summed E-state index contributed by atoms with van der Waals surface area (Å²) >= 11 is 1.58. The zero-order valence-corrected chi connectivity index (χ0v) is 16.5. The van der Waals surface area contributed by atoms with Crippen LogP contribution < -0.4 is 0 Å². The molecule has 3 heterocycles. The zero-order valence-electron chi connectivity index (χ0n) is 15.7. The number of benzene rings is 1. The van der Waals surface area contributed by atoms with E-state index in [1.165, 1.54) is 5.56 Å². The van der Waals surface area contributed by atoms with Crippen LogP contribution in [0, 0.1) is 20.8 Å². The van der Waals surface area contributed by atoms with Crippen molar-refractivity contribution in [3.8, 4) is 22.8 Å². The fourth-order valence-corrected chi connectivity index (χ4v) is 3.77. The van der Waals surface area contributed by atoms with Gasteiger partial charge in [-0.05, 0) is 38.5 Å². The molecule has 0 radical (unpaired) electrons. The van der Waals surface area contributed by atoms with Crippen molar-refractivity contribution < 1.29 is 8.83 Å². The predicted octanol–water partition coefficient (Wildman–Crippen LogP) is 4.95. The molecule has 138 valence electrons. The van der Waals surface area contributed by atoms with Gasteiger partial charge in [0.15, 0.2) is 11.0 Å². The van der Waals surface area contributed by atoms with Crippen LogP contribution in [0.2, 0.25) is 0 Å². The summed E-state index contributed by atoms with van der Waals surface area (Å²) in [5.74, 6) is 2.93. The maximum atomic E-state index is 5.69. The molecule has 0 unspecified atom stereocenters. The van der Waals surface area contributed by atoms with E-state index in [4.69, 9.17) is 8.83 Å². The summed E-state index contributed by atoms with van der Waals surface area (Å²) in [7, 11) is 1.95. The number of oxazole rings is 1. The molecule has 6 nitrogen and oxygen atoms in total. The highest BCUT2D eigenvalue weighted by Crippen LogP contribution is 2.29. The van der Waals surface area contributed by atoms with Gasteiger partial charge in [0, 0.05) is 18.4 Å². The smallest absolute Gasteiger partial charge is 0.226 e. The molecule has 0 aliphatic carbocycles. The van der Waals surface area contributed by atoms with Gasteiger partial charge in [0.2, 0.25) is 5.89 Å². The van der Waals surface area contributed by atoms with Gasteiger partial charge in [-0.15, -0.1) is 10.2 Å². The molecule has 7 heteroatoms. The van der Waals surface area contributed by atoms with Crippen molar-refractivity contribution >= 4 is 11.8 Å². The first-order chi connectivity index (χ1) is 13.0. The predicted molar refractivity (Wildman–Crippen MR) is 104 cm³/mol. The monoisotopic (exact) mass is 380 g/mol. The Balaban J connectivity index is 1.50. The molecule has 4 rings (SSSR count). The van der Waals surface area contributed by atoms with Gasteiger partial charge >= 0.3 is 0 Å². The lowest BCUT2D eigenvalue weighted by atomic mass is 10.1. The van der Waals surface area contributed by atoms with Crippen molar-refractivity contribution in [2.24, 2.45) is 7.05 Å². The van der Waals surface area contributed by atoms with Gasteiger partial charge in [0.25, 0.3) is 0 Å². The normalized spacial score (nSPS) is 11.3. The third-order valence-corrected chi connectivity index (χ3v) is 5.50. The second-order valence-corrected chi connectivity index (χ2v) is 7.45. The summed E-state index contributed by atoms with van der Waals surface area (Å²) < 4.78 is 13.0. The van der Waals surface area contributed by atoms with Crippen molar-refractivity contribution in [1.82, 2.24) is 19.7 Å². The molecule has 0 N–H and O–H groups in total. The number of hydrogen-bond acceptors (Lipinski definition) is 6. The summed E-state index contributed by atoms with van der Waals surface area (Å²) in [6.07, 6.45) is 3.37. The Bertz CT molecular complexity index is 1090. The van der Waals surface area contributed by atoms with Gasteiger partial charge in [-0.2, -0.15) is 0 Å². The third kappa shape index (κ3) is 3.42. The summed E-state index contributed by atoms with van der Waals surface area (Å²) in [5.41, 5.74) is 5.23. The number of rotatable bonds is 5. The molecule has 0 aliphatic heterocycles. The first-order valence-corrected chi connectivity index (χ1v) is 9.60. The molecule has 0 bridgehead atoms. The number of aryl methyl sites for hydroxylation is 3. The van der Waals surface area contributed by atoms with Crippen LogP contribution in [0.1, 0.15) is 22.6 Å². The van der Waals surface area contributed by atoms with E-state index in [2.05, 4.69) is 47.2 Å². The molecule has 0 aliphatic rings.